The van der Waals surface area contributed by atoms with Crippen LogP contribution in [0.5, 0.6) is 0 Å². The highest BCUT2D eigenvalue weighted by molar-refractivity contribution is 5.98. The van der Waals surface area contributed by atoms with E-state index >= 15 is 0 Å². The summed E-state index contributed by atoms with van der Waals surface area (Å²) < 4.78 is 0. The molecule has 1 aliphatic heterocycles. The molecule has 0 aromatic heterocycles. The van der Waals surface area contributed by atoms with Crippen molar-refractivity contribution < 1.29 is 53.7 Å². The van der Waals surface area contributed by atoms with E-state index in [0.717, 1.165) is 13.3 Å². The number of nitrogens with one attached hydrogen (secondary N) is 5. The maximum absolute atomic E-state index is 13.8. The first-order chi connectivity index (χ1) is 22.5. The van der Waals surface area contributed by atoms with Crippen LogP contribution in [0.2, 0.25) is 0 Å². The molecule has 1 saturated heterocycles. The number of aliphatic hydroxyl groups excluding tert-OH is 1. The van der Waals surface area contributed by atoms with Gasteiger partial charge in [0.05, 0.1) is 25.5 Å². The third kappa shape index (κ3) is 13.1. The number of aliphatic carboxylic acids is 2. The first-order valence-electron chi connectivity index (χ1n) is 16.3. The summed E-state index contributed by atoms with van der Waals surface area (Å²) >= 11 is 0. The summed E-state index contributed by atoms with van der Waals surface area (Å²) in [6.07, 6.45) is 0.861. The number of carboxylic acids is 2. The number of carbonyl (C=O) groups is 8. The second-order valence-corrected chi connectivity index (χ2v) is 12.5. The van der Waals surface area contributed by atoms with Gasteiger partial charge in [-0.1, -0.05) is 47.5 Å². The molecule has 8 N–H and O–H groups in total. The average molecular weight is 685 g/mol. The lowest BCUT2D eigenvalue weighted by molar-refractivity contribution is -0.144. The Morgan fingerprint density at radius 3 is 1.79 bits per heavy atom. The van der Waals surface area contributed by atoms with Crippen LogP contribution in [0, 0.1) is 11.8 Å². The molecule has 17 heteroatoms. The number of hydrogen-bond donors (Lipinski definition) is 8. The Kier molecular flexibility index (Phi) is 17.5. The lowest BCUT2D eigenvalue weighted by Crippen LogP contribution is -2.61. The molecule has 0 aromatic rings. The van der Waals surface area contributed by atoms with Crippen molar-refractivity contribution in [1.82, 2.24) is 31.5 Å². The van der Waals surface area contributed by atoms with E-state index in [1.165, 1.54) is 4.90 Å². The highest BCUT2D eigenvalue weighted by Crippen LogP contribution is 2.21. The van der Waals surface area contributed by atoms with Gasteiger partial charge >= 0.3 is 11.9 Å². The number of carboxylic acid groups (broad SMARTS) is 2. The molecule has 0 saturated carbocycles. The normalized spacial score (nSPS) is 18.0. The van der Waals surface area contributed by atoms with Crippen LogP contribution in [-0.4, -0.2) is 117 Å². The monoisotopic (exact) mass is 684 g/mol. The van der Waals surface area contributed by atoms with Crippen LogP contribution in [0.25, 0.3) is 0 Å². The first kappa shape index (κ1) is 41.7. The zero-order valence-electron chi connectivity index (χ0n) is 28.5. The topological polar surface area (TPSA) is 261 Å². The largest absolute Gasteiger partial charge is 0.481 e. The van der Waals surface area contributed by atoms with E-state index in [4.69, 9.17) is 5.11 Å². The van der Waals surface area contributed by atoms with Crippen molar-refractivity contribution >= 4 is 47.4 Å². The summed E-state index contributed by atoms with van der Waals surface area (Å²) in [5.74, 6) is -8.45. The predicted molar refractivity (Wildman–Crippen MR) is 171 cm³/mol. The molecule has 0 aromatic carbocycles. The fourth-order valence-electron chi connectivity index (χ4n) is 5.33. The second kappa shape index (κ2) is 20.2. The number of aliphatic hydroxyl groups is 1. The van der Waals surface area contributed by atoms with Crippen molar-refractivity contribution in [2.24, 2.45) is 11.8 Å². The number of rotatable bonds is 20. The van der Waals surface area contributed by atoms with Crippen molar-refractivity contribution in [3.05, 3.63) is 0 Å². The molecule has 0 aliphatic carbocycles. The molecule has 48 heavy (non-hydrogen) atoms. The van der Waals surface area contributed by atoms with Gasteiger partial charge in [-0.15, -0.1) is 0 Å². The van der Waals surface area contributed by atoms with Gasteiger partial charge in [0.15, 0.2) is 0 Å². The summed E-state index contributed by atoms with van der Waals surface area (Å²) in [6.45, 7) is 9.79. The lowest BCUT2D eigenvalue weighted by atomic mass is 9.95. The van der Waals surface area contributed by atoms with E-state index in [-0.39, 0.29) is 13.2 Å². The van der Waals surface area contributed by atoms with Crippen molar-refractivity contribution in [3.8, 4) is 0 Å². The number of hydrogen-bond acceptors (Lipinski definition) is 9. The first-order valence-corrected chi connectivity index (χ1v) is 16.3. The Labute approximate surface area is 280 Å². The van der Waals surface area contributed by atoms with Gasteiger partial charge in [-0.05, 0) is 31.1 Å². The molecular weight excluding hydrogens is 632 g/mol. The summed E-state index contributed by atoms with van der Waals surface area (Å²) in [7, 11) is 0. The molecule has 1 rings (SSSR count). The van der Waals surface area contributed by atoms with E-state index in [1.807, 2.05) is 6.92 Å². The van der Waals surface area contributed by atoms with Gasteiger partial charge in [0.1, 0.15) is 30.2 Å². The number of nitrogens with zero attached hydrogens (tertiary/aromatic N) is 1. The van der Waals surface area contributed by atoms with Crippen LogP contribution in [0.4, 0.5) is 0 Å². The quantitative estimate of drug-likeness (QED) is 0.0760. The molecule has 6 amide bonds. The third-order valence-corrected chi connectivity index (χ3v) is 8.15. The van der Waals surface area contributed by atoms with Crippen molar-refractivity contribution in [3.63, 3.8) is 0 Å². The Hall–Kier alpha value is -4.28. The molecule has 7 atom stereocenters. The Morgan fingerprint density at radius 1 is 0.771 bits per heavy atom. The van der Waals surface area contributed by atoms with Gasteiger partial charge in [0.2, 0.25) is 35.4 Å². The maximum Gasteiger partial charge on any atom is 0.305 e. The standard InChI is InChI=1S/C31H52N6O11/c1-7-10-19(15-38)33-29(46)22-11-9-12-37(22)31(48)25(16(3)4)35-30(47)26(17(5)8-2)36-28(45)21(14-24(42)43)34-27(44)20(13-23(40)41)32-18(6)39/h16-17,19-22,25-26,38H,7-15H2,1-6H3,(H,32,39)(H,33,46)(H,34,44)(H,35,47)(H,36,45)(H,40,41)(H,42,43)/t17-,19-,20-,21+,22-,25-,26-/m0/s1. The number of amides is 6. The molecule has 0 unspecified atom stereocenters. The second-order valence-electron chi connectivity index (χ2n) is 12.5. The number of likely N-dealkylation sites (tertiary alicyclic amines) is 1. The Balaban J connectivity index is 3.21. The van der Waals surface area contributed by atoms with Gasteiger partial charge in [0, 0.05) is 13.5 Å². The highest BCUT2D eigenvalue weighted by atomic mass is 16.4. The van der Waals surface area contributed by atoms with E-state index < -0.39 is 108 Å². The molecule has 17 nitrogen and oxygen atoms in total. The Morgan fingerprint density at radius 2 is 1.31 bits per heavy atom. The fourth-order valence-corrected chi connectivity index (χ4v) is 5.33. The zero-order chi connectivity index (χ0) is 36.7. The molecule has 0 radical (unpaired) electrons. The SMILES string of the molecule is CCC[C@@H](CO)NC(=O)[C@@H]1CCCN1C(=O)[C@@H](NC(=O)[C@@H](NC(=O)[C@@H](CC(=O)O)NC(=O)[C@H](CC(=O)O)NC(C)=O)[C@@H](C)CC)C(C)C. The minimum absolute atomic E-state index is 0.247. The van der Waals surface area contributed by atoms with Gasteiger partial charge in [-0.2, -0.15) is 0 Å². The van der Waals surface area contributed by atoms with E-state index in [0.29, 0.717) is 25.7 Å². The van der Waals surface area contributed by atoms with Crippen LogP contribution in [0.15, 0.2) is 0 Å². The molecule has 1 heterocycles. The van der Waals surface area contributed by atoms with E-state index in [9.17, 15) is 48.6 Å². The van der Waals surface area contributed by atoms with Crippen LogP contribution in [-0.2, 0) is 38.4 Å². The molecular formula is C31H52N6O11. The van der Waals surface area contributed by atoms with Gasteiger partial charge in [0.25, 0.3) is 0 Å². The van der Waals surface area contributed by atoms with Crippen molar-refractivity contribution in [2.75, 3.05) is 13.2 Å². The summed E-state index contributed by atoms with van der Waals surface area (Å²) in [5.41, 5.74) is 0. The molecule has 1 fully saturated rings. The molecule has 0 bridgehead atoms. The minimum Gasteiger partial charge on any atom is -0.481 e. The summed E-state index contributed by atoms with van der Waals surface area (Å²) in [6, 6.07) is -6.98. The van der Waals surface area contributed by atoms with Crippen LogP contribution in [0.3, 0.4) is 0 Å². The zero-order valence-corrected chi connectivity index (χ0v) is 28.5. The fraction of sp³-hybridized carbons (Fsp3) is 0.742. The third-order valence-electron chi connectivity index (χ3n) is 8.15. The molecule has 1 aliphatic rings. The predicted octanol–water partition coefficient (Wildman–Crippen LogP) is -1.13. The molecule has 0 spiro atoms. The summed E-state index contributed by atoms with van der Waals surface area (Å²) in [4.78, 5) is 102. The van der Waals surface area contributed by atoms with E-state index in [1.54, 1.807) is 27.7 Å². The Bertz CT molecular complexity index is 1160. The highest BCUT2D eigenvalue weighted by Gasteiger charge is 2.40. The molecule has 272 valence electrons. The van der Waals surface area contributed by atoms with Crippen LogP contribution < -0.4 is 26.6 Å². The summed E-state index contributed by atoms with van der Waals surface area (Å²) in [5, 5.41) is 40.4. The minimum atomic E-state index is -1.75. The van der Waals surface area contributed by atoms with Crippen molar-refractivity contribution in [1.29, 1.82) is 0 Å². The maximum atomic E-state index is 13.8. The average Bonchev–Trinajstić information content (AvgIpc) is 3.50. The number of carbonyl (C=O) groups excluding carboxylic acids is 6. The van der Waals surface area contributed by atoms with Crippen molar-refractivity contribution in [2.45, 2.75) is 123 Å². The van der Waals surface area contributed by atoms with Gasteiger partial charge < -0.3 is 46.8 Å². The van der Waals surface area contributed by atoms with Crippen LogP contribution >= 0.6 is 0 Å². The smallest absolute Gasteiger partial charge is 0.305 e. The van der Waals surface area contributed by atoms with E-state index in [2.05, 4.69) is 26.6 Å². The van der Waals surface area contributed by atoms with Gasteiger partial charge in [-0.25, -0.2) is 0 Å². The lowest BCUT2D eigenvalue weighted by Gasteiger charge is -2.33. The van der Waals surface area contributed by atoms with Crippen LogP contribution in [0.1, 0.15) is 86.5 Å². The van der Waals surface area contributed by atoms with Gasteiger partial charge in [-0.3, -0.25) is 38.4 Å².